The minimum atomic E-state index is -0.248. The first-order valence-electron chi connectivity index (χ1n) is 5.89. The Bertz CT molecular complexity index is 574. The van der Waals surface area contributed by atoms with E-state index in [4.69, 9.17) is 0 Å². The molecule has 2 aromatic heterocycles. The van der Waals surface area contributed by atoms with Crippen molar-refractivity contribution >= 4 is 11.7 Å². The van der Waals surface area contributed by atoms with E-state index < -0.39 is 0 Å². The molecule has 0 unspecified atom stereocenters. The second kappa shape index (κ2) is 5.47. The summed E-state index contributed by atoms with van der Waals surface area (Å²) < 4.78 is 1.77. The number of rotatable bonds is 4. The first-order valence-corrected chi connectivity index (χ1v) is 5.89. The second-order valence-corrected chi connectivity index (χ2v) is 4.15. The van der Waals surface area contributed by atoms with Crippen LogP contribution in [0.25, 0.3) is 0 Å². The zero-order valence-corrected chi connectivity index (χ0v) is 11.1. The molecule has 0 radical (unpaired) electrons. The zero-order chi connectivity index (χ0) is 13.8. The number of anilines is 1. The number of amides is 1. The van der Waals surface area contributed by atoms with Crippen molar-refractivity contribution in [1.82, 2.24) is 25.3 Å². The minimum Gasteiger partial charge on any atom is -0.364 e. The van der Waals surface area contributed by atoms with Crippen molar-refractivity contribution in [1.29, 1.82) is 0 Å². The van der Waals surface area contributed by atoms with Crippen LogP contribution in [-0.4, -0.2) is 32.9 Å². The van der Waals surface area contributed by atoms with E-state index in [1.807, 2.05) is 20.2 Å². The summed E-state index contributed by atoms with van der Waals surface area (Å²) in [6.07, 6.45) is 1.95. The molecule has 0 saturated heterocycles. The molecule has 0 spiro atoms. The van der Waals surface area contributed by atoms with Gasteiger partial charge in [-0.15, -0.1) is 10.2 Å². The standard InChI is InChI=1S/C12H16N6O/c1-8-9(7-18(3)17-8)6-14-11-5-4-10(15-16-11)12(19)13-2/h4-5,7H,6H2,1-3H3,(H,13,19)(H,14,16). The van der Waals surface area contributed by atoms with Crippen LogP contribution < -0.4 is 10.6 Å². The summed E-state index contributed by atoms with van der Waals surface area (Å²) in [5, 5.41) is 17.7. The Labute approximate surface area is 111 Å². The third-order valence-corrected chi connectivity index (χ3v) is 2.70. The summed E-state index contributed by atoms with van der Waals surface area (Å²) in [4.78, 5) is 11.3. The van der Waals surface area contributed by atoms with Crippen LogP contribution in [0.4, 0.5) is 5.82 Å². The molecular formula is C12H16N6O. The van der Waals surface area contributed by atoms with Gasteiger partial charge in [-0.25, -0.2) is 0 Å². The van der Waals surface area contributed by atoms with Gasteiger partial charge in [0, 0.05) is 32.4 Å². The minimum absolute atomic E-state index is 0.248. The smallest absolute Gasteiger partial charge is 0.271 e. The fourth-order valence-corrected chi connectivity index (χ4v) is 1.68. The molecular weight excluding hydrogens is 244 g/mol. The van der Waals surface area contributed by atoms with E-state index in [1.165, 1.54) is 0 Å². The van der Waals surface area contributed by atoms with Crippen molar-refractivity contribution in [2.24, 2.45) is 7.05 Å². The lowest BCUT2D eigenvalue weighted by atomic mass is 10.2. The fraction of sp³-hybridized carbons (Fsp3) is 0.333. The Morgan fingerprint density at radius 1 is 1.37 bits per heavy atom. The highest BCUT2D eigenvalue weighted by Crippen LogP contribution is 2.08. The highest BCUT2D eigenvalue weighted by atomic mass is 16.1. The summed E-state index contributed by atoms with van der Waals surface area (Å²) in [7, 11) is 3.44. The van der Waals surface area contributed by atoms with Gasteiger partial charge < -0.3 is 10.6 Å². The topological polar surface area (TPSA) is 84.7 Å². The van der Waals surface area contributed by atoms with Crippen molar-refractivity contribution in [2.45, 2.75) is 13.5 Å². The maximum atomic E-state index is 11.3. The highest BCUT2D eigenvalue weighted by molar-refractivity contribution is 5.91. The Morgan fingerprint density at radius 3 is 2.68 bits per heavy atom. The largest absolute Gasteiger partial charge is 0.364 e. The van der Waals surface area contributed by atoms with Gasteiger partial charge >= 0.3 is 0 Å². The van der Waals surface area contributed by atoms with Crippen LogP contribution in [-0.2, 0) is 13.6 Å². The Kier molecular flexibility index (Phi) is 3.74. The van der Waals surface area contributed by atoms with E-state index >= 15 is 0 Å². The van der Waals surface area contributed by atoms with E-state index in [-0.39, 0.29) is 5.91 Å². The Balaban J connectivity index is 2.00. The monoisotopic (exact) mass is 260 g/mol. The number of nitrogens with one attached hydrogen (secondary N) is 2. The molecule has 1 amide bonds. The van der Waals surface area contributed by atoms with Crippen LogP contribution in [0, 0.1) is 6.92 Å². The predicted molar refractivity (Wildman–Crippen MR) is 70.7 cm³/mol. The SMILES string of the molecule is CNC(=O)c1ccc(NCc2cn(C)nc2C)nn1. The van der Waals surface area contributed by atoms with Crippen molar-refractivity contribution in [3.05, 3.63) is 35.3 Å². The lowest BCUT2D eigenvalue weighted by molar-refractivity contribution is 0.0957. The third kappa shape index (κ3) is 3.06. The molecule has 0 aliphatic carbocycles. The van der Waals surface area contributed by atoms with E-state index in [0.29, 0.717) is 18.1 Å². The fourth-order valence-electron chi connectivity index (χ4n) is 1.68. The van der Waals surface area contributed by atoms with Gasteiger partial charge in [0.1, 0.15) is 5.82 Å². The van der Waals surface area contributed by atoms with Crippen LogP contribution >= 0.6 is 0 Å². The maximum absolute atomic E-state index is 11.3. The summed E-state index contributed by atoms with van der Waals surface area (Å²) >= 11 is 0. The molecule has 0 aliphatic rings. The molecule has 0 aliphatic heterocycles. The summed E-state index contributed by atoms with van der Waals surface area (Å²) in [5.41, 5.74) is 2.37. The van der Waals surface area contributed by atoms with Crippen LogP contribution in [0.3, 0.4) is 0 Å². The Hall–Kier alpha value is -2.44. The lowest BCUT2D eigenvalue weighted by Crippen LogP contribution is -2.19. The quantitative estimate of drug-likeness (QED) is 0.835. The molecule has 19 heavy (non-hydrogen) atoms. The van der Waals surface area contributed by atoms with Gasteiger partial charge in [-0.3, -0.25) is 9.48 Å². The van der Waals surface area contributed by atoms with Crippen molar-refractivity contribution < 1.29 is 4.79 Å². The van der Waals surface area contributed by atoms with Gasteiger partial charge in [-0.1, -0.05) is 0 Å². The predicted octanol–water partition coefficient (Wildman–Crippen LogP) is 0.490. The molecule has 2 aromatic rings. The average molecular weight is 260 g/mol. The van der Waals surface area contributed by atoms with Crippen LogP contribution in [0.2, 0.25) is 0 Å². The van der Waals surface area contributed by atoms with E-state index in [9.17, 15) is 4.79 Å². The molecule has 0 atom stereocenters. The number of aromatic nitrogens is 4. The zero-order valence-electron chi connectivity index (χ0n) is 11.1. The number of carbonyl (C=O) groups is 1. The molecule has 0 saturated carbocycles. The van der Waals surface area contributed by atoms with Gasteiger partial charge in [-0.05, 0) is 19.1 Å². The number of hydrogen-bond acceptors (Lipinski definition) is 5. The molecule has 7 heteroatoms. The van der Waals surface area contributed by atoms with Crippen molar-refractivity contribution in [3.8, 4) is 0 Å². The molecule has 7 nitrogen and oxygen atoms in total. The van der Waals surface area contributed by atoms with Crippen LogP contribution in [0.15, 0.2) is 18.3 Å². The van der Waals surface area contributed by atoms with Gasteiger partial charge in [0.05, 0.1) is 5.69 Å². The van der Waals surface area contributed by atoms with Gasteiger partial charge in [0.25, 0.3) is 5.91 Å². The molecule has 0 fully saturated rings. The number of aryl methyl sites for hydroxylation is 2. The summed E-state index contributed by atoms with van der Waals surface area (Å²) in [5.74, 6) is 0.373. The first-order chi connectivity index (χ1) is 9.10. The molecule has 2 N–H and O–H groups in total. The summed E-state index contributed by atoms with van der Waals surface area (Å²) in [6, 6.07) is 3.35. The van der Waals surface area contributed by atoms with Gasteiger partial charge in [-0.2, -0.15) is 5.10 Å². The van der Waals surface area contributed by atoms with Gasteiger partial charge in [0.2, 0.25) is 0 Å². The molecule has 0 aromatic carbocycles. The molecule has 0 bridgehead atoms. The number of carbonyl (C=O) groups excluding carboxylic acids is 1. The molecule has 2 heterocycles. The van der Waals surface area contributed by atoms with E-state index in [2.05, 4.69) is 25.9 Å². The maximum Gasteiger partial charge on any atom is 0.271 e. The lowest BCUT2D eigenvalue weighted by Gasteiger charge is -2.04. The Morgan fingerprint density at radius 2 is 2.16 bits per heavy atom. The van der Waals surface area contributed by atoms with E-state index in [0.717, 1.165) is 11.3 Å². The molecule has 100 valence electrons. The van der Waals surface area contributed by atoms with Crippen molar-refractivity contribution in [3.63, 3.8) is 0 Å². The average Bonchev–Trinajstić information content (AvgIpc) is 2.74. The second-order valence-electron chi connectivity index (χ2n) is 4.15. The van der Waals surface area contributed by atoms with Crippen LogP contribution in [0.1, 0.15) is 21.7 Å². The van der Waals surface area contributed by atoms with E-state index in [1.54, 1.807) is 23.9 Å². The normalized spacial score (nSPS) is 10.3. The van der Waals surface area contributed by atoms with Crippen LogP contribution in [0.5, 0.6) is 0 Å². The highest BCUT2D eigenvalue weighted by Gasteiger charge is 2.06. The molecule has 2 rings (SSSR count). The van der Waals surface area contributed by atoms with Crippen molar-refractivity contribution in [2.75, 3.05) is 12.4 Å². The van der Waals surface area contributed by atoms with Gasteiger partial charge in [0.15, 0.2) is 5.69 Å². The first kappa shape index (κ1) is 13.0. The number of nitrogens with zero attached hydrogens (tertiary/aromatic N) is 4. The summed E-state index contributed by atoms with van der Waals surface area (Å²) in [6.45, 7) is 2.57. The third-order valence-electron chi connectivity index (χ3n) is 2.70. The number of hydrogen-bond donors (Lipinski definition) is 2.